The molecule has 18 heavy (non-hydrogen) atoms. The number of hydrogen-bond donors (Lipinski definition) is 1. The molecule has 0 heterocycles. The molecule has 0 atom stereocenters. The fourth-order valence-electron chi connectivity index (χ4n) is 1.61. The van der Waals surface area contributed by atoms with Gasteiger partial charge >= 0.3 is 0 Å². The summed E-state index contributed by atoms with van der Waals surface area (Å²) in [5.41, 5.74) is 7.68. The van der Waals surface area contributed by atoms with Crippen molar-refractivity contribution in [3.05, 3.63) is 64.7 Å². The van der Waals surface area contributed by atoms with Crippen LogP contribution in [0.15, 0.2) is 48.5 Å². The fraction of sp³-hybridized carbons (Fsp3) is 0.143. The largest absolute Gasteiger partial charge is 0.487 e. The van der Waals surface area contributed by atoms with Gasteiger partial charge in [-0.25, -0.2) is 0 Å². The Morgan fingerprint density at radius 1 is 1.00 bits per heavy atom. The van der Waals surface area contributed by atoms with Crippen molar-refractivity contribution in [2.45, 2.75) is 13.2 Å². The molecular formula is C14H15Cl2NO. The van der Waals surface area contributed by atoms with Gasteiger partial charge < -0.3 is 10.5 Å². The molecule has 0 saturated heterocycles. The Hall–Kier alpha value is -1.22. The zero-order valence-electron chi connectivity index (χ0n) is 9.80. The van der Waals surface area contributed by atoms with E-state index in [-0.39, 0.29) is 12.4 Å². The van der Waals surface area contributed by atoms with Crippen molar-refractivity contribution in [2.24, 2.45) is 5.73 Å². The maximum absolute atomic E-state index is 6.09. The molecule has 0 aromatic heterocycles. The van der Waals surface area contributed by atoms with Crippen molar-refractivity contribution >= 4 is 24.0 Å². The van der Waals surface area contributed by atoms with Crippen LogP contribution in [0.2, 0.25) is 5.02 Å². The van der Waals surface area contributed by atoms with Gasteiger partial charge in [-0.1, -0.05) is 54.1 Å². The molecule has 2 aromatic rings. The van der Waals surface area contributed by atoms with Gasteiger partial charge in [-0.3, -0.25) is 0 Å². The lowest BCUT2D eigenvalue weighted by Gasteiger charge is -2.12. The van der Waals surface area contributed by atoms with Crippen LogP contribution in [0.25, 0.3) is 0 Å². The van der Waals surface area contributed by atoms with E-state index < -0.39 is 0 Å². The summed E-state index contributed by atoms with van der Waals surface area (Å²) in [7, 11) is 0. The molecular weight excluding hydrogens is 269 g/mol. The van der Waals surface area contributed by atoms with Gasteiger partial charge in [0.1, 0.15) is 12.4 Å². The third-order valence-corrected chi connectivity index (χ3v) is 2.79. The zero-order valence-corrected chi connectivity index (χ0v) is 11.4. The Morgan fingerprint density at radius 2 is 1.72 bits per heavy atom. The maximum atomic E-state index is 6.09. The molecule has 2 nitrogen and oxygen atoms in total. The Balaban J connectivity index is 0.00000162. The topological polar surface area (TPSA) is 35.2 Å². The minimum atomic E-state index is 0. The third kappa shape index (κ3) is 3.64. The van der Waals surface area contributed by atoms with E-state index in [1.165, 1.54) is 0 Å². The van der Waals surface area contributed by atoms with Crippen molar-refractivity contribution in [3.63, 3.8) is 0 Å². The summed E-state index contributed by atoms with van der Waals surface area (Å²) in [6.45, 7) is 0.919. The molecule has 0 aliphatic carbocycles. The number of ether oxygens (including phenoxy) is 1. The monoisotopic (exact) mass is 283 g/mol. The highest BCUT2D eigenvalue weighted by Crippen LogP contribution is 2.29. The first-order valence-corrected chi connectivity index (χ1v) is 5.83. The summed E-state index contributed by atoms with van der Waals surface area (Å²) in [4.78, 5) is 0. The second kappa shape index (κ2) is 7.27. The van der Waals surface area contributed by atoms with Crippen molar-refractivity contribution in [1.82, 2.24) is 0 Å². The van der Waals surface area contributed by atoms with Gasteiger partial charge in [-0.2, -0.15) is 0 Å². The van der Waals surface area contributed by atoms with Gasteiger partial charge in [-0.05, 0) is 11.6 Å². The molecule has 0 aliphatic heterocycles. The van der Waals surface area contributed by atoms with Crippen molar-refractivity contribution < 1.29 is 4.74 Å². The molecule has 0 unspecified atom stereocenters. The lowest BCUT2D eigenvalue weighted by Crippen LogP contribution is -2.03. The van der Waals surface area contributed by atoms with Gasteiger partial charge in [0, 0.05) is 12.1 Å². The Bertz CT molecular complexity index is 488. The van der Waals surface area contributed by atoms with Crippen LogP contribution < -0.4 is 10.5 Å². The van der Waals surface area contributed by atoms with Crippen molar-refractivity contribution in [2.75, 3.05) is 0 Å². The van der Waals surface area contributed by atoms with Crippen LogP contribution in [-0.2, 0) is 13.2 Å². The summed E-state index contributed by atoms with van der Waals surface area (Å²) in [6, 6.07) is 15.6. The average molecular weight is 284 g/mol. The van der Waals surface area contributed by atoms with Crippen LogP contribution in [0.1, 0.15) is 11.1 Å². The molecule has 0 spiro atoms. The SMILES string of the molecule is Cl.NCc1cccc(Cl)c1OCc1ccccc1. The normalized spacial score (nSPS) is 9.67. The summed E-state index contributed by atoms with van der Waals surface area (Å²) in [5, 5.41) is 0.601. The zero-order chi connectivity index (χ0) is 12.1. The van der Waals surface area contributed by atoms with E-state index in [0.29, 0.717) is 23.9 Å². The molecule has 0 saturated carbocycles. The highest BCUT2D eigenvalue weighted by atomic mass is 35.5. The highest BCUT2D eigenvalue weighted by Gasteiger charge is 2.07. The van der Waals surface area contributed by atoms with Crippen LogP contribution >= 0.6 is 24.0 Å². The summed E-state index contributed by atoms with van der Waals surface area (Å²) in [6.07, 6.45) is 0. The van der Waals surface area contributed by atoms with Gasteiger partial charge in [0.2, 0.25) is 0 Å². The smallest absolute Gasteiger partial charge is 0.142 e. The summed E-state index contributed by atoms with van der Waals surface area (Å²) in [5.74, 6) is 0.681. The van der Waals surface area contributed by atoms with E-state index in [2.05, 4.69) is 0 Å². The first-order valence-electron chi connectivity index (χ1n) is 5.45. The van der Waals surface area contributed by atoms with Crippen LogP contribution in [0.3, 0.4) is 0 Å². The van der Waals surface area contributed by atoms with Crippen molar-refractivity contribution in [3.8, 4) is 5.75 Å². The minimum Gasteiger partial charge on any atom is -0.487 e. The third-order valence-electron chi connectivity index (χ3n) is 2.49. The number of benzene rings is 2. The second-order valence-corrected chi connectivity index (χ2v) is 4.11. The van der Waals surface area contributed by atoms with Crippen LogP contribution in [0, 0.1) is 0 Å². The van der Waals surface area contributed by atoms with Gasteiger partial charge in [0.05, 0.1) is 5.02 Å². The maximum Gasteiger partial charge on any atom is 0.142 e. The molecule has 0 fully saturated rings. The minimum absolute atomic E-state index is 0. The Labute approximate surface area is 118 Å². The number of nitrogens with two attached hydrogens (primary N) is 1. The van der Waals surface area contributed by atoms with Crippen LogP contribution in [0.4, 0.5) is 0 Å². The van der Waals surface area contributed by atoms with Crippen molar-refractivity contribution in [1.29, 1.82) is 0 Å². The van der Waals surface area contributed by atoms with E-state index in [9.17, 15) is 0 Å². The van der Waals surface area contributed by atoms with E-state index in [1.54, 1.807) is 6.07 Å². The molecule has 2 N–H and O–H groups in total. The predicted molar refractivity (Wildman–Crippen MR) is 77.4 cm³/mol. The Morgan fingerprint density at radius 3 is 2.39 bits per heavy atom. The lowest BCUT2D eigenvalue weighted by molar-refractivity contribution is 0.303. The second-order valence-electron chi connectivity index (χ2n) is 3.71. The van der Waals surface area contributed by atoms with Gasteiger partial charge in [0.25, 0.3) is 0 Å². The van der Waals surface area contributed by atoms with E-state index >= 15 is 0 Å². The number of halogens is 2. The summed E-state index contributed by atoms with van der Waals surface area (Å²) >= 11 is 6.09. The Kier molecular flexibility index (Phi) is 5.99. The first-order chi connectivity index (χ1) is 8.31. The standard InChI is InChI=1S/C14H14ClNO.ClH/c15-13-8-4-7-12(9-16)14(13)17-10-11-5-2-1-3-6-11;/h1-8H,9-10,16H2;1H. The van der Waals surface area contributed by atoms with E-state index in [0.717, 1.165) is 11.1 Å². The quantitative estimate of drug-likeness (QED) is 0.926. The molecule has 96 valence electrons. The molecule has 4 heteroatoms. The molecule has 2 rings (SSSR count). The number of rotatable bonds is 4. The fourth-order valence-corrected chi connectivity index (χ4v) is 1.85. The predicted octanol–water partition coefficient (Wildman–Crippen LogP) is 3.80. The van der Waals surface area contributed by atoms with E-state index in [4.69, 9.17) is 22.1 Å². The van der Waals surface area contributed by atoms with Crippen LogP contribution in [-0.4, -0.2) is 0 Å². The van der Waals surface area contributed by atoms with Gasteiger partial charge in [-0.15, -0.1) is 12.4 Å². The molecule has 0 bridgehead atoms. The first kappa shape index (κ1) is 14.8. The number of hydrogen-bond acceptors (Lipinski definition) is 2. The summed E-state index contributed by atoms with van der Waals surface area (Å²) < 4.78 is 5.73. The van der Waals surface area contributed by atoms with Crippen LogP contribution in [0.5, 0.6) is 5.75 Å². The average Bonchev–Trinajstić information content (AvgIpc) is 2.38. The lowest BCUT2D eigenvalue weighted by atomic mass is 10.2. The number of para-hydroxylation sites is 1. The van der Waals surface area contributed by atoms with Gasteiger partial charge in [0.15, 0.2) is 0 Å². The molecule has 2 aromatic carbocycles. The van der Waals surface area contributed by atoms with E-state index in [1.807, 2.05) is 42.5 Å². The molecule has 0 radical (unpaired) electrons. The molecule has 0 aliphatic rings. The molecule has 0 amide bonds. The highest BCUT2D eigenvalue weighted by molar-refractivity contribution is 6.32.